The number of β-lactam (4-membered cyclic amide) rings is 3. The predicted octanol–water partition coefficient (Wildman–Crippen LogP) is 11.1. The molecule has 3 amide bonds. The second-order valence-corrected chi connectivity index (χ2v) is 29.7. The van der Waals surface area contributed by atoms with Gasteiger partial charge in [0, 0.05) is 16.0 Å². The molecule has 0 aromatic heterocycles. The van der Waals surface area contributed by atoms with Crippen molar-refractivity contribution >= 4 is 94.8 Å². The van der Waals surface area contributed by atoms with Gasteiger partial charge in [-0.1, -0.05) is 180 Å². The summed E-state index contributed by atoms with van der Waals surface area (Å²) in [6.45, 7) is 21.7. The summed E-state index contributed by atoms with van der Waals surface area (Å²) in [4.78, 5) is 33.1. The highest BCUT2D eigenvalue weighted by Gasteiger charge is 2.47. The number of carbonyl (C=O) groups is 3. The molecule has 3 aliphatic heterocycles. The van der Waals surface area contributed by atoms with Crippen molar-refractivity contribution in [3.63, 3.8) is 0 Å². The number of thiol groups is 1. The second-order valence-electron chi connectivity index (χ2n) is 17.7. The van der Waals surface area contributed by atoms with Crippen LogP contribution in [0.25, 0.3) is 0 Å². The fourth-order valence-corrected chi connectivity index (χ4v) is 9.28. The van der Waals surface area contributed by atoms with Crippen molar-refractivity contribution in [2.24, 2.45) is 0 Å². The van der Waals surface area contributed by atoms with Crippen molar-refractivity contribution in [1.82, 2.24) is 15.2 Å². The van der Waals surface area contributed by atoms with Gasteiger partial charge in [-0.05, 0) is 53.0 Å². The first-order chi connectivity index (χ1) is 26.9. The summed E-state index contributed by atoms with van der Waals surface area (Å²) in [5.41, 5.74) is 3.54. The molecule has 3 unspecified atom stereocenters. The molecular weight excluding hydrogens is 982 g/mol. The molecule has 3 aliphatic rings. The minimum Gasteiger partial charge on any atom is -0.317 e. The predicted molar refractivity (Wildman–Crippen MR) is 254 cm³/mol. The zero-order valence-electron chi connectivity index (χ0n) is 35.5. The van der Waals surface area contributed by atoms with Gasteiger partial charge in [-0.25, -0.2) is 15.2 Å². The fourth-order valence-electron chi connectivity index (χ4n) is 5.31. The highest BCUT2D eigenvalue weighted by molar-refractivity contribution is 9.09. The van der Waals surface area contributed by atoms with E-state index in [1.807, 2.05) is 18.2 Å². The molecule has 9 nitrogen and oxygen atoms in total. The molecule has 320 valence electrons. The molecule has 3 aromatic carbocycles. The number of hydrogen-bond donors (Lipinski definition) is 2. The van der Waals surface area contributed by atoms with Gasteiger partial charge in [0.25, 0.3) is 0 Å². The standard InChI is InChI=1S/C19H16S.2C10H20BrNO2Si.C4H6BrNO2/c20-19(16-10-4-1-5-11-16,17-12-6-2-7-13-17)18-14-8-3-9-15-18;2*1-10(2,3)15(4,5)14-12-8(7-11)6-9(12)13;5-2-3-1-4(7)6(3)8/h1-15,20H;2*8H,6-7H2,1-5H3;3,8H,1-2H2. The van der Waals surface area contributed by atoms with E-state index >= 15 is 0 Å². The number of carbonyl (C=O) groups excluding carboxylic acids is 3. The average molecular weight is 1040 g/mol. The van der Waals surface area contributed by atoms with Crippen LogP contribution in [0.15, 0.2) is 91.0 Å². The van der Waals surface area contributed by atoms with Gasteiger partial charge < -0.3 is 9.05 Å². The van der Waals surface area contributed by atoms with Gasteiger partial charge in [0.05, 0.1) is 42.1 Å². The summed E-state index contributed by atoms with van der Waals surface area (Å²) in [5.74, 6) is 0.0444. The quantitative estimate of drug-likeness (QED) is 0.0524. The van der Waals surface area contributed by atoms with Crippen LogP contribution in [0.1, 0.15) is 77.5 Å². The molecule has 3 heterocycles. The van der Waals surface area contributed by atoms with Crippen LogP contribution in [-0.4, -0.2) is 88.9 Å². The van der Waals surface area contributed by atoms with E-state index in [2.05, 4.69) is 188 Å². The molecule has 0 saturated carbocycles. The molecule has 3 saturated heterocycles. The number of halogens is 3. The Labute approximate surface area is 379 Å². The minimum atomic E-state index is -1.85. The summed E-state index contributed by atoms with van der Waals surface area (Å²) >= 11 is 15.0. The van der Waals surface area contributed by atoms with Crippen molar-refractivity contribution in [2.75, 3.05) is 16.0 Å². The van der Waals surface area contributed by atoms with E-state index in [0.717, 1.165) is 15.7 Å². The topological polar surface area (TPSA) is 99.6 Å². The van der Waals surface area contributed by atoms with Gasteiger partial charge in [-0.2, -0.15) is 12.6 Å². The number of amides is 3. The molecule has 6 rings (SSSR count). The maximum atomic E-state index is 11.4. The number of rotatable bonds is 10. The lowest BCUT2D eigenvalue weighted by molar-refractivity contribution is -0.198. The molecule has 3 atom stereocenters. The SMILES string of the molecule is CC(C)(C)[Si](C)(C)ON1C(=O)CC1CBr.CC(C)(C)[Si](C)(C)ON1C(=O)CC1CBr.O=C1CC(CBr)N1O.SC(c1ccccc1)(c1ccccc1)c1ccccc1. The summed E-state index contributed by atoms with van der Waals surface area (Å²) < 4.78 is 11.5. The van der Waals surface area contributed by atoms with Crippen LogP contribution in [0.3, 0.4) is 0 Å². The zero-order chi connectivity index (χ0) is 43.7. The Morgan fingerprint density at radius 1 is 0.569 bits per heavy atom. The van der Waals surface area contributed by atoms with Crippen LogP contribution in [0.4, 0.5) is 0 Å². The molecule has 0 aliphatic carbocycles. The molecule has 58 heavy (non-hydrogen) atoms. The first-order valence-electron chi connectivity index (χ1n) is 19.5. The summed E-state index contributed by atoms with van der Waals surface area (Å²) in [6, 6.07) is 31.7. The first-order valence-corrected chi connectivity index (χ1v) is 29.2. The third-order valence-corrected chi connectivity index (χ3v) is 22.9. The largest absolute Gasteiger partial charge is 0.317 e. The van der Waals surface area contributed by atoms with E-state index in [1.54, 1.807) is 10.1 Å². The monoisotopic (exact) mass is 1040 g/mol. The van der Waals surface area contributed by atoms with Gasteiger partial charge in [0.1, 0.15) is 0 Å². The molecule has 0 spiro atoms. The zero-order valence-corrected chi connectivity index (χ0v) is 43.2. The van der Waals surface area contributed by atoms with Crippen molar-refractivity contribution in [3.8, 4) is 0 Å². The molecule has 0 bridgehead atoms. The van der Waals surface area contributed by atoms with Crippen molar-refractivity contribution in [1.29, 1.82) is 0 Å². The summed E-state index contributed by atoms with van der Waals surface area (Å²) in [5, 5.41) is 15.1. The number of benzene rings is 3. The van der Waals surface area contributed by atoms with Crippen LogP contribution in [0, 0.1) is 0 Å². The van der Waals surface area contributed by atoms with Gasteiger partial charge >= 0.3 is 0 Å². The third kappa shape index (κ3) is 12.6. The van der Waals surface area contributed by atoms with Crippen molar-refractivity contribution in [2.45, 2.75) is 120 Å². The normalized spacial score (nSPS) is 19.6. The number of hydrogen-bond acceptors (Lipinski definition) is 7. The Morgan fingerprint density at radius 3 is 1.03 bits per heavy atom. The van der Waals surface area contributed by atoms with Crippen molar-refractivity contribution in [3.05, 3.63) is 108 Å². The van der Waals surface area contributed by atoms with Crippen LogP contribution in [0.5, 0.6) is 0 Å². The average Bonchev–Trinajstić information content (AvgIpc) is 3.19. The molecule has 3 aromatic rings. The Hall–Kier alpha value is -1.83. The first kappa shape index (κ1) is 50.5. The summed E-state index contributed by atoms with van der Waals surface area (Å²) in [6.07, 6.45) is 1.70. The Bertz CT molecular complexity index is 1630. The van der Waals surface area contributed by atoms with Crippen molar-refractivity contribution < 1.29 is 28.6 Å². The Kier molecular flexibility index (Phi) is 18.6. The number of nitrogens with zero attached hydrogens (tertiary/aromatic N) is 3. The van der Waals surface area contributed by atoms with Gasteiger partial charge in [0.2, 0.25) is 34.4 Å². The van der Waals surface area contributed by atoms with Crippen LogP contribution in [0.2, 0.25) is 36.3 Å². The van der Waals surface area contributed by atoms with E-state index in [4.69, 9.17) is 26.9 Å². The Balaban J connectivity index is 0.000000215. The molecular formula is C43H62Br3N3O6SSi2. The van der Waals surface area contributed by atoms with Crippen LogP contribution in [-0.2, 0) is 28.2 Å². The third-order valence-electron chi connectivity index (χ3n) is 11.4. The maximum absolute atomic E-state index is 11.4. The number of hydroxylamine groups is 6. The van der Waals surface area contributed by atoms with E-state index in [-0.39, 0.29) is 45.9 Å². The van der Waals surface area contributed by atoms with Gasteiger partial charge in [-0.15, -0.1) is 0 Å². The van der Waals surface area contributed by atoms with E-state index in [0.29, 0.717) is 24.6 Å². The fraction of sp³-hybridized carbons (Fsp3) is 0.512. The maximum Gasteiger partial charge on any atom is 0.248 e. The van der Waals surface area contributed by atoms with Crippen LogP contribution < -0.4 is 0 Å². The molecule has 1 N–H and O–H groups in total. The molecule has 15 heteroatoms. The van der Waals surface area contributed by atoms with Gasteiger partial charge in [0.15, 0.2) is 0 Å². The summed E-state index contributed by atoms with van der Waals surface area (Å²) in [7, 11) is -3.71. The van der Waals surface area contributed by atoms with Gasteiger partial charge in [-0.3, -0.25) is 19.6 Å². The highest BCUT2D eigenvalue weighted by atomic mass is 79.9. The van der Waals surface area contributed by atoms with E-state index in [1.165, 1.54) is 16.7 Å². The lowest BCUT2D eigenvalue weighted by Gasteiger charge is -2.46. The lowest BCUT2D eigenvalue weighted by Crippen LogP contribution is -2.59. The van der Waals surface area contributed by atoms with Crippen LogP contribution >= 0.6 is 60.4 Å². The molecule has 3 fully saturated rings. The second kappa shape index (κ2) is 21.3. The lowest BCUT2D eigenvalue weighted by atomic mass is 9.84. The highest BCUT2D eigenvalue weighted by Crippen LogP contribution is 2.43. The van der Waals surface area contributed by atoms with E-state index < -0.39 is 21.4 Å². The molecule has 0 radical (unpaired) electrons. The number of alkyl halides is 3. The smallest absolute Gasteiger partial charge is 0.248 e. The Morgan fingerprint density at radius 2 is 0.845 bits per heavy atom. The minimum absolute atomic E-state index is 0.0162. The van der Waals surface area contributed by atoms with E-state index in [9.17, 15) is 14.4 Å².